The van der Waals surface area contributed by atoms with Crippen LogP contribution >= 0.6 is 0 Å². The zero-order chi connectivity index (χ0) is 18.9. The number of benzene rings is 2. The average Bonchev–Trinajstić information content (AvgIpc) is 3.04. The van der Waals surface area contributed by atoms with E-state index in [-0.39, 0.29) is 28.0 Å². The van der Waals surface area contributed by atoms with Gasteiger partial charge in [0.2, 0.25) is 0 Å². The number of rotatable bonds is 5. The van der Waals surface area contributed by atoms with Crippen molar-refractivity contribution < 1.29 is 12.8 Å². The fourth-order valence-electron chi connectivity index (χ4n) is 2.41. The Morgan fingerprint density at radius 3 is 2.42 bits per heavy atom. The molecule has 1 N–H and O–H groups in total. The summed E-state index contributed by atoms with van der Waals surface area (Å²) < 4.78 is 43.2. The zero-order valence-electron chi connectivity index (χ0n) is 14.5. The predicted octanol–water partition coefficient (Wildman–Crippen LogP) is 3.17. The van der Waals surface area contributed by atoms with Gasteiger partial charge in [0.05, 0.1) is 22.2 Å². The van der Waals surface area contributed by atoms with Crippen LogP contribution in [0.15, 0.2) is 47.4 Å². The number of aromatic nitrogens is 4. The van der Waals surface area contributed by atoms with Gasteiger partial charge in [0.15, 0.2) is 5.82 Å². The number of halogens is 1. The van der Waals surface area contributed by atoms with Crippen LogP contribution in [-0.4, -0.2) is 28.6 Å². The zero-order valence-corrected chi connectivity index (χ0v) is 15.3. The van der Waals surface area contributed by atoms with Crippen molar-refractivity contribution in [3.8, 4) is 11.4 Å². The van der Waals surface area contributed by atoms with Crippen molar-refractivity contribution in [2.75, 3.05) is 4.72 Å². The second-order valence-corrected chi connectivity index (χ2v) is 7.84. The lowest BCUT2D eigenvalue weighted by atomic mass is 10.1. The number of tetrazole rings is 1. The average molecular weight is 375 g/mol. The molecule has 0 radical (unpaired) electrons. The molecule has 0 amide bonds. The maximum atomic E-state index is 14.5. The summed E-state index contributed by atoms with van der Waals surface area (Å²) in [5.74, 6) is -0.337. The highest BCUT2D eigenvalue weighted by Gasteiger charge is 2.18. The third-order valence-electron chi connectivity index (χ3n) is 3.78. The van der Waals surface area contributed by atoms with Gasteiger partial charge < -0.3 is 0 Å². The van der Waals surface area contributed by atoms with E-state index in [1.807, 2.05) is 20.8 Å². The Morgan fingerprint density at radius 1 is 1.12 bits per heavy atom. The monoisotopic (exact) mass is 375 g/mol. The summed E-state index contributed by atoms with van der Waals surface area (Å²) in [6, 6.07) is 10.4. The molecule has 0 fully saturated rings. The molecule has 26 heavy (non-hydrogen) atoms. The van der Waals surface area contributed by atoms with Crippen LogP contribution in [0.25, 0.3) is 11.4 Å². The van der Waals surface area contributed by atoms with Gasteiger partial charge in [-0.05, 0) is 61.5 Å². The second-order valence-electron chi connectivity index (χ2n) is 6.15. The predicted molar refractivity (Wildman–Crippen MR) is 95.6 cm³/mol. The molecule has 0 atom stereocenters. The molecule has 3 rings (SSSR count). The molecule has 0 bridgehead atoms. The van der Waals surface area contributed by atoms with E-state index < -0.39 is 15.8 Å². The van der Waals surface area contributed by atoms with Crippen molar-refractivity contribution in [1.82, 2.24) is 20.2 Å². The molecule has 0 spiro atoms. The minimum absolute atomic E-state index is 0.0425. The van der Waals surface area contributed by atoms with E-state index in [0.29, 0.717) is 0 Å². The summed E-state index contributed by atoms with van der Waals surface area (Å²) in [5, 5.41) is 11.3. The number of anilines is 1. The molecule has 0 saturated carbocycles. The van der Waals surface area contributed by atoms with E-state index in [4.69, 9.17) is 0 Å². The first-order valence-electron chi connectivity index (χ1n) is 7.95. The Kier molecular flexibility index (Phi) is 4.73. The molecule has 0 aliphatic rings. The van der Waals surface area contributed by atoms with Gasteiger partial charge in [-0.1, -0.05) is 17.7 Å². The highest BCUT2D eigenvalue weighted by molar-refractivity contribution is 7.92. The molecular weight excluding hydrogens is 357 g/mol. The van der Waals surface area contributed by atoms with Crippen LogP contribution < -0.4 is 4.72 Å². The van der Waals surface area contributed by atoms with Gasteiger partial charge in [-0.15, -0.1) is 5.10 Å². The van der Waals surface area contributed by atoms with Crippen molar-refractivity contribution in [2.45, 2.75) is 31.7 Å². The molecule has 0 saturated heterocycles. The lowest BCUT2D eigenvalue weighted by molar-refractivity contribution is 0.517. The number of nitrogens with one attached hydrogen (secondary N) is 1. The molecule has 7 nitrogen and oxygen atoms in total. The van der Waals surface area contributed by atoms with E-state index >= 15 is 0 Å². The topological polar surface area (TPSA) is 89.8 Å². The van der Waals surface area contributed by atoms with Gasteiger partial charge in [-0.25, -0.2) is 17.5 Å². The fraction of sp³-hybridized carbons (Fsp3) is 0.235. The first kappa shape index (κ1) is 18.0. The molecular formula is C17H18FN5O2S. The van der Waals surface area contributed by atoms with Crippen LogP contribution in [0.5, 0.6) is 0 Å². The van der Waals surface area contributed by atoms with E-state index in [9.17, 15) is 12.8 Å². The van der Waals surface area contributed by atoms with E-state index in [1.54, 1.807) is 12.1 Å². The Labute approximate surface area is 150 Å². The number of aryl methyl sites for hydroxylation is 1. The Bertz CT molecular complexity index is 1030. The van der Waals surface area contributed by atoms with E-state index in [1.165, 1.54) is 28.9 Å². The van der Waals surface area contributed by atoms with Crippen LogP contribution in [0, 0.1) is 12.7 Å². The molecule has 0 unspecified atom stereocenters. The number of sulfonamides is 1. The summed E-state index contributed by atoms with van der Waals surface area (Å²) in [4.78, 5) is 0.108. The molecule has 1 aromatic heterocycles. The molecule has 9 heteroatoms. The Morgan fingerprint density at radius 2 is 1.81 bits per heavy atom. The number of hydrogen-bond acceptors (Lipinski definition) is 5. The SMILES string of the molecule is Cc1ccc(S(=O)(=O)Nc2ccc(-c3nnnn3C(C)C)c(F)c2)cc1. The largest absolute Gasteiger partial charge is 0.280 e. The maximum Gasteiger partial charge on any atom is 0.261 e. The van der Waals surface area contributed by atoms with Crippen LogP contribution in [-0.2, 0) is 10.0 Å². The third-order valence-corrected chi connectivity index (χ3v) is 5.17. The molecule has 136 valence electrons. The maximum absolute atomic E-state index is 14.5. The standard InChI is InChI=1S/C17H18FN5O2S/c1-11(2)23-17(19-21-22-23)15-9-6-13(10-16(15)18)20-26(24,25)14-7-4-12(3)5-8-14/h4-11,20H,1-3H3. The van der Waals surface area contributed by atoms with Crippen molar-refractivity contribution in [1.29, 1.82) is 0 Å². The first-order chi connectivity index (χ1) is 12.3. The molecule has 1 heterocycles. The van der Waals surface area contributed by atoms with Crippen molar-refractivity contribution in [3.05, 3.63) is 53.8 Å². The quantitative estimate of drug-likeness (QED) is 0.740. The normalized spacial score (nSPS) is 11.7. The molecule has 0 aliphatic heterocycles. The van der Waals surface area contributed by atoms with Gasteiger partial charge in [-0.3, -0.25) is 4.72 Å². The lowest BCUT2D eigenvalue weighted by Crippen LogP contribution is -2.13. The van der Waals surface area contributed by atoms with Crippen molar-refractivity contribution >= 4 is 15.7 Å². The van der Waals surface area contributed by atoms with Crippen molar-refractivity contribution in [3.63, 3.8) is 0 Å². The van der Waals surface area contributed by atoms with Crippen LogP contribution in [0.3, 0.4) is 0 Å². The summed E-state index contributed by atoms with van der Waals surface area (Å²) in [6.45, 7) is 5.62. The summed E-state index contributed by atoms with van der Waals surface area (Å²) >= 11 is 0. The van der Waals surface area contributed by atoms with E-state index in [0.717, 1.165) is 11.6 Å². The van der Waals surface area contributed by atoms with Gasteiger partial charge in [0.25, 0.3) is 10.0 Å². The summed E-state index contributed by atoms with van der Waals surface area (Å²) in [5.41, 5.74) is 1.26. The number of nitrogens with zero attached hydrogens (tertiary/aromatic N) is 4. The fourth-order valence-corrected chi connectivity index (χ4v) is 3.46. The minimum atomic E-state index is -3.80. The van der Waals surface area contributed by atoms with Gasteiger partial charge in [0, 0.05) is 0 Å². The van der Waals surface area contributed by atoms with Gasteiger partial charge in [0.1, 0.15) is 5.82 Å². The highest BCUT2D eigenvalue weighted by Crippen LogP contribution is 2.26. The Hall–Kier alpha value is -2.81. The van der Waals surface area contributed by atoms with Gasteiger partial charge in [-0.2, -0.15) is 0 Å². The first-order valence-corrected chi connectivity index (χ1v) is 9.43. The van der Waals surface area contributed by atoms with Crippen LogP contribution in [0.4, 0.5) is 10.1 Å². The third kappa shape index (κ3) is 3.57. The summed E-state index contributed by atoms with van der Waals surface area (Å²) in [6.07, 6.45) is 0. The minimum Gasteiger partial charge on any atom is -0.280 e. The van der Waals surface area contributed by atoms with Crippen molar-refractivity contribution in [2.24, 2.45) is 0 Å². The van der Waals surface area contributed by atoms with E-state index in [2.05, 4.69) is 20.2 Å². The van der Waals surface area contributed by atoms with Crippen LogP contribution in [0.2, 0.25) is 0 Å². The molecule has 3 aromatic rings. The Balaban J connectivity index is 1.90. The van der Waals surface area contributed by atoms with Gasteiger partial charge >= 0.3 is 0 Å². The second kappa shape index (κ2) is 6.83. The van der Waals surface area contributed by atoms with Crippen LogP contribution in [0.1, 0.15) is 25.5 Å². The molecule has 0 aliphatic carbocycles. The molecule has 2 aromatic carbocycles. The summed E-state index contributed by atoms with van der Waals surface area (Å²) in [7, 11) is -3.80. The number of hydrogen-bond donors (Lipinski definition) is 1. The lowest BCUT2D eigenvalue weighted by Gasteiger charge is -2.11. The smallest absolute Gasteiger partial charge is 0.261 e. The highest BCUT2D eigenvalue weighted by atomic mass is 32.2.